The summed E-state index contributed by atoms with van der Waals surface area (Å²) in [6.45, 7) is 7.85. The van der Waals surface area contributed by atoms with E-state index in [1.165, 1.54) is 32.1 Å². The van der Waals surface area contributed by atoms with Gasteiger partial charge in [-0.05, 0) is 38.1 Å². The molecule has 5 nitrogen and oxygen atoms in total. The average molecular weight is 324 g/mol. The van der Waals surface area contributed by atoms with Gasteiger partial charge in [-0.1, -0.05) is 19.8 Å². The van der Waals surface area contributed by atoms with Crippen LogP contribution in [0.1, 0.15) is 45.4 Å². The van der Waals surface area contributed by atoms with E-state index in [0.29, 0.717) is 37.1 Å². The SMILES string of the molecule is CC1CCCCC1OCCNC(=O)CN1CCC2(CCOC2)C1. The Labute approximate surface area is 140 Å². The van der Waals surface area contributed by atoms with E-state index in [2.05, 4.69) is 17.1 Å². The molecule has 0 aromatic rings. The summed E-state index contributed by atoms with van der Waals surface area (Å²) in [6, 6.07) is 0. The molecule has 5 heteroatoms. The van der Waals surface area contributed by atoms with E-state index < -0.39 is 0 Å². The number of ether oxygens (including phenoxy) is 2. The summed E-state index contributed by atoms with van der Waals surface area (Å²) in [5.41, 5.74) is 0.334. The van der Waals surface area contributed by atoms with Crippen LogP contribution in [-0.2, 0) is 14.3 Å². The first-order chi connectivity index (χ1) is 11.2. The molecule has 1 amide bonds. The molecule has 3 aliphatic rings. The second-order valence-corrected chi connectivity index (χ2v) is 7.78. The van der Waals surface area contributed by atoms with E-state index in [9.17, 15) is 4.79 Å². The van der Waals surface area contributed by atoms with Gasteiger partial charge >= 0.3 is 0 Å². The topological polar surface area (TPSA) is 50.8 Å². The third-order valence-electron chi connectivity index (χ3n) is 5.86. The first kappa shape index (κ1) is 17.2. The van der Waals surface area contributed by atoms with Crippen LogP contribution >= 0.6 is 0 Å². The lowest BCUT2D eigenvalue weighted by molar-refractivity contribution is -0.122. The highest BCUT2D eigenvalue weighted by Crippen LogP contribution is 2.37. The Morgan fingerprint density at radius 3 is 3.00 bits per heavy atom. The quantitative estimate of drug-likeness (QED) is 0.757. The fraction of sp³-hybridized carbons (Fsp3) is 0.944. The Morgan fingerprint density at radius 2 is 2.22 bits per heavy atom. The molecule has 23 heavy (non-hydrogen) atoms. The van der Waals surface area contributed by atoms with Crippen LogP contribution in [0.3, 0.4) is 0 Å². The van der Waals surface area contributed by atoms with E-state index in [1.807, 2.05) is 0 Å². The van der Waals surface area contributed by atoms with Crippen molar-refractivity contribution in [3.05, 3.63) is 0 Å². The minimum absolute atomic E-state index is 0.126. The van der Waals surface area contributed by atoms with Crippen molar-refractivity contribution in [3.8, 4) is 0 Å². The third-order valence-corrected chi connectivity index (χ3v) is 5.86. The standard InChI is InChI=1S/C18H32N2O3/c1-15-4-2-3-5-16(15)23-11-8-19-17(21)12-20-9-6-18(13-20)7-10-22-14-18/h15-16H,2-14H2,1H3,(H,19,21). The number of amides is 1. The summed E-state index contributed by atoms with van der Waals surface area (Å²) in [5.74, 6) is 0.787. The van der Waals surface area contributed by atoms with Gasteiger partial charge in [0.25, 0.3) is 0 Å². The van der Waals surface area contributed by atoms with Gasteiger partial charge in [-0.3, -0.25) is 9.69 Å². The zero-order chi connectivity index (χ0) is 16.1. The molecule has 0 bridgehead atoms. The Bertz CT molecular complexity index is 396. The third kappa shape index (κ3) is 4.68. The van der Waals surface area contributed by atoms with E-state index in [-0.39, 0.29) is 5.91 Å². The van der Waals surface area contributed by atoms with Crippen LogP contribution in [0.5, 0.6) is 0 Å². The summed E-state index contributed by atoms with van der Waals surface area (Å²) < 4.78 is 11.5. The van der Waals surface area contributed by atoms with Crippen LogP contribution in [0.4, 0.5) is 0 Å². The van der Waals surface area contributed by atoms with Gasteiger partial charge in [0, 0.05) is 25.1 Å². The lowest BCUT2D eigenvalue weighted by Crippen LogP contribution is -2.39. The molecule has 0 aromatic heterocycles. The van der Waals surface area contributed by atoms with Crippen molar-refractivity contribution in [1.29, 1.82) is 0 Å². The maximum atomic E-state index is 12.1. The number of likely N-dealkylation sites (tertiary alicyclic amines) is 1. The lowest BCUT2D eigenvalue weighted by Gasteiger charge is -2.28. The largest absolute Gasteiger partial charge is 0.381 e. The number of rotatable bonds is 6. The smallest absolute Gasteiger partial charge is 0.234 e. The molecule has 0 aromatic carbocycles. The van der Waals surface area contributed by atoms with Gasteiger partial charge in [-0.15, -0.1) is 0 Å². The molecule has 1 N–H and O–H groups in total. The fourth-order valence-electron chi connectivity index (χ4n) is 4.32. The van der Waals surface area contributed by atoms with Crippen LogP contribution in [-0.4, -0.2) is 62.9 Å². The molecule has 0 radical (unpaired) electrons. The molecule has 3 atom stereocenters. The predicted molar refractivity (Wildman–Crippen MR) is 89.3 cm³/mol. The van der Waals surface area contributed by atoms with Crippen LogP contribution in [0.15, 0.2) is 0 Å². The van der Waals surface area contributed by atoms with Crippen LogP contribution in [0.2, 0.25) is 0 Å². The van der Waals surface area contributed by atoms with E-state index in [1.54, 1.807) is 0 Å². The van der Waals surface area contributed by atoms with Crippen molar-refractivity contribution in [3.63, 3.8) is 0 Å². The van der Waals surface area contributed by atoms with Crippen molar-refractivity contribution in [2.75, 3.05) is 46.0 Å². The Kier molecular flexibility index (Phi) is 5.94. The monoisotopic (exact) mass is 324 g/mol. The number of nitrogens with zero attached hydrogens (tertiary/aromatic N) is 1. The molecule has 3 rings (SSSR count). The van der Waals surface area contributed by atoms with Crippen molar-refractivity contribution in [1.82, 2.24) is 10.2 Å². The highest BCUT2D eigenvalue weighted by molar-refractivity contribution is 5.78. The highest BCUT2D eigenvalue weighted by atomic mass is 16.5. The maximum Gasteiger partial charge on any atom is 0.234 e. The van der Waals surface area contributed by atoms with Gasteiger partial charge in [0.1, 0.15) is 0 Å². The normalized spacial score (nSPS) is 35.0. The molecule has 2 aliphatic heterocycles. The van der Waals surface area contributed by atoms with E-state index >= 15 is 0 Å². The Hall–Kier alpha value is -0.650. The molecule has 132 valence electrons. The number of carbonyl (C=O) groups is 1. The molecular formula is C18H32N2O3. The number of hydrogen-bond donors (Lipinski definition) is 1. The summed E-state index contributed by atoms with van der Waals surface area (Å²) in [7, 11) is 0. The molecule has 3 unspecified atom stereocenters. The van der Waals surface area contributed by atoms with Gasteiger partial charge in [-0.25, -0.2) is 0 Å². The van der Waals surface area contributed by atoms with Crippen LogP contribution < -0.4 is 5.32 Å². The van der Waals surface area contributed by atoms with E-state index in [0.717, 1.165) is 32.7 Å². The fourth-order valence-corrected chi connectivity index (χ4v) is 4.32. The number of nitrogens with one attached hydrogen (secondary N) is 1. The molecular weight excluding hydrogens is 292 g/mol. The van der Waals surface area contributed by atoms with Crippen molar-refractivity contribution in [2.24, 2.45) is 11.3 Å². The van der Waals surface area contributed by atoms with Crippen molar-refractivity contribution >= 4 is 5.91 Å². The first-order valence-electron chi connectivity index (χ1n) is 9.35. The van der Waals surface area contributed by atoms with Crippen LogP contribution in [0, 0.1) is 11.3 Å². The van der Waals surface area contributed by atoms with Crippen molar-refractivity contribution < 1.29 is 14.3 Å². The minimum atomic E-state index is 0.126. The number of carbonyl (C=O) groups excluding carboxylic acids is 1. The molecule has 1 saturated carbocycles. The Morgan fingerprint density at radius 1 is 1.35 bits per heavy atom. The molecule has 2 saturated heterocycles. The van der Waals surface area contributed by atoms with Gasteiger partial charge in [0.15, 0.2) is 0 Å². The summed E-state index contributed by atoms with van der Waals surface area (Å²) >= 11 is 0. The zero-order valence-electron chi connectivity index (χ0n) is 14.5. The lowest BCUT2D eigenvalue weighted by atomic mass is 9.87. The predicted octanol–water partition coefficient (Wildman–Crippen LogP) is 1.81. The second-order valence-electron chi connectivity index (χ2n) is 7.78. The second kappa shape index (κ2) is 7.95. The molecule has 1 aliphatic carbocycles. The number of hydrogen-bond acceptors (Lipinski definition) is 4. The average Bonchev–Trinajstić information content (AvgIpc) is 3.16. The highest BCUT2D eigenvalue weighted by Gasteiger charge is 2.41. The molecule has 3 fully saturated rings. The summed E-state index contributed by atoms with van der Waals surface area (Å²) in [5, 5.41) is 3.01. The van der Waals surface area contributed by atoms with Gasteiger partial charge in [0.2, 0.25) is 5.91 Å². The van der Waals surface area contributed by atoms with Crippen LogP contribution in [0.25, 0.3) is 0 Å². The summed E-state index contributed by atoms with van der Waals surface area (Å²) in [6.07, 6.45) is 7.77. The van der Waals surface area contributed by atoms with Gasteiger partial charge in [-0.2, -0.15) is 0 Å². The molecule has 1 spiro atoms. The Balaban J connectivity index is 1.28. The first-order valence-corrected chi connectivity index (χ1v) is 9.35. The van der Waals surface area contributed by atoms with E-state index in [4.69, 9.17) is 9.47 Å². The van der Waals surface area contributed by atoms with Crippen molar-refractivity contribution in [2.45, 2.75) is 51.6 Å². The zero-order valence-corrected chi connectivity index (χ0v) is 14.5. The van der Waals surface area contributed by atoms with Gasteiger partial charge < -0.3 is 14.8 Å². The summed E-state index contributed by atoms with van der Waals surface area (Å²) in [4.78, 5) is 14.4. The minimum Gasteiger partial charge on any atom is -0.381 e. The maximum absolute atomic E-state index is 12.1. The van der Waals surface area contributed by atoms with Gasteiger partial charge in [0.05, 0.1) is 25.9 Å². The molecule has 2 heterocycles.